The van der Waals surface area contributed by atoms with Crippen molar-refractivity contribution in [3.63, 3.8) is 0 Å². The quantitative estimate of drug-likeness (QED) is 0.808. The van der Waals surface area contributed by atoms with Gasteiger partial charge in [0.2, 0.25) is 5.91 Å². The molecule has 1 atom stereocenters. The fourth-order valence-corrected chi connectivity index (χ4v) is 1.68. The van der Waals surface area contributed by atoms with E-state index in [2.05, 4.69) is 17.2 Å². The summed E-state index contributed by atoms with van der Waals surface area (Å²) in [5, 5.41) is 2.90. The average molecular weight is 274 g/mol. The number of ether oxygens (including phenoxy) is 1. The molecule has 1 aromatic carbocycles. The fraction of sp³-hybridized carbons (Fsp3) is 0.438. The Labute approximate surface area is 120 Å². The molecule has 0 radical (unpaired) electrons. The molecule has 0 aliphatic heterocycles. The minimum absolute atomic E-state index is 0.0321. The fourth-order valence-electron chi connectivity index (χ4n) is 1.68. The van der Waals surface area contributed by atoms with Crippen molar-refractivity contribution in [2.24, 2.45) is 5.73 Å². The van der Waals surface area contributed by atoms with Crippen molar-refractivity contribution in [1.82, 2.24) is 0 Å². The van der Waals surface area contributed by atoms with Crippen molar-refractivity contribution in [3.8, 4) is 11.8 Å². The van der Waals surface area contributed by atoms with Gasteiger partial charge in [0.05, 0.1) is 18.3 Å². The van der Waals surface area contributed by atoms with E-state index in [1.807, 2.05) is 32.0 Å². The van der Waals surface area contributed by atoms with Crippen molar-refractivity contribution >= 4 is 11.6 Å². The lowest BCUT2D eigenvalue weighted by Gasteiger charge is -2.11. The summed E-state index contributed by atoms with van der Waals surface area (Å²) in [6.45, 7) is 4.22. The van der Waals surface area contributed by atoms with Gasteiger partial charge in [-0.15, -0.1) is 0 Å². The number of amides is 1. The number of nitrogens with one attached hydrogen (secondary N) is 1. The molecule has 0 aliphatic rings. The molecule has 4 nitrogen and oxygen atoms in total. The van der Waals surface area contributed by atoms with Gasteiger partial charge in [0.25, 0.3) is 0 Å². The van der Waals surface area contributed by atoms with Gasteiger partial charge in [-0.25, -0.2) is 0 Å². The van der Waals surface area contributed by atoms with E-state index in [4.69, 9.17) is 10.5 Å². The number of methoxy groups -OCH3 is 1. The van der Waals surface area contributed by atoms with Crippen LogP contribution in [0.15, 0.2) is 18.2 Å². The number of aryl methyl sites for hydroxylation is 1. The van der Waals surface area contributed by atoms with E-state index < -0.39 is 0 Å². The predicted molar refractivity (Wildman–Crippen MR) is 81.4 cm³/mol. The third-order valence-electron chi connectivity index (χ3n) is 2.95. The molecule has 0 fully saturated rings. The van der Waals surface area contributed by atoms with E-state index in [0.29, 0.717) is 19.4 Å². The Morgan fingerprint density at radius 1 is 1.50 bits per heavy atom. The second-order valence-electron chi connectivity index (χ2n) is 4.69. The Bertz CT molecular complexity index is 515. The summed E-state index contributed by atoms with van der Waals surface area (Å²) in [5.74, 6) is 5.74. The first-order valence-corrected chi connectivity index (χ1v) is 6.69. The number of anilines is 1. The highest BCUT2D eigenvalue weighted by atomic mass is 16.5. The molecular weight excluding hydrogens is 252 g/mol. The van der Waals surface area contributed by atoms with Crippen molar-refractivity contribution in [2.45, 2.75) is 32.8 Å². The number of hydrogen-bond donors (Lipinski definition) is 2. The molecule has 108 valence electrons. The first-order valence-electron chi connectivity index (χ1n) is 6.69. The first-order chi connectivity index (χ1) is 9.56. The van der Waals surface area contributed by atoms with Crippen LogP contribution in [0.1, 0.15) is 30.9 Å². The Morgan fingerprint density at radius 2 is 2.25 bits per heavy atom. The van der Waals surface area contributed by atoms with Gasteiger partial charge in [-0.3, -0.25) is 4.79 Å². The van der Waals surface area contributed by atoms with Crippen molar-refractivity contribution < 1.29 is 9.53 Å². The van der Waals surface area contributed by atoms with Gasteiger partial charge in [-0.05, 0) is 38.0 Å². The molecule has 0 aromatic heterocycles. The summed E-state index contributed by atoms with van der Waals surface area (Å²) in [4.78, 5) is 11.9. The topological polar surface area (TPSA) is 64.3 Å². The average Bonchev–Trinajstić information content (AvgIpc) is 2.44. The lowest BCUT2D eigenvalue weighted by atomic mass is 10.1. The molecule has 1 amide bonds. The first kappa shape index (κ1) is 16.2. The zero-order valence-corrected chi connectivity index (χ0v) is 12.3. The van der Waals surface area contributed by atoms with Crippen LogP contribution >= 0.6 is 0 Å². The van der Waals surface area contributed by atoms with Crippen LogP contribution in [0.4, 0.5) is 5.69 Å². The van der Waals surface area contributed by atoms with Crippen molar-refractivity contribution in [3.05, 3.63) is 29.3 Å². The summed E-state index contributed by atoms with van der Waals surface area (Å²) in [6.07, 6.45) is 1.19. The maximum atomic E-state index is 11.9. The lowest BCUT2D eigenvalue weighted by molar-refractivity contribution is -0.116. The van der Waals surface area contributed by atoms with E-state index in [0.717, 1.165) is 16.8 Å². The number of rotatable bonds is 5. The number of nitrogens with two attached hydrogens (primary N) is 1. The van der Waals surface area contributed by atoms with Crippen LogP contribution in [0.3, 0.4) is 0 Å². The van der Waals surface area contributed by atoms with Gasteiger partial charge in [0.1, 0.15) is 0 Å². The molecule has 4 heteroatoms. The summed E-state index contributed by atoms with van der Waals surface area (Å²) < 4.78 is 5.13. The van der Waals surface area contributed by atoms with Crippen molar-refractivity contribution in [1.29, 1.82) is 0 Å². The second-order valence-corrected chi connectivity index (χ2v) is 4.69. The zero-order valence-electron chi connectivity index (χ0n) is 12.3. The molecule has 0 bridgehead atoms. The van der Waals surface area contributed by atoms with E-state index in [1.54, 1.807) is 7.11 Å². The van der Waals surface area contributed by atoms with Crippen LogP contribution in [-0.2, 0) is 9.53 Å². The third kappa shape index (κ3) is 5.43. The van der Waals surface area contributed by atoms with Gasteiger partial charge < -0.3 is 15.8 Å². The summed E-state index contributed by atoms with van der Waals surface area (Å²) in [7, 11) is 1.64. The Balaban J connectivity index is 2.75. The van der Waals surface area contributed by atoms with Gasteiger partial charge >= 0.3 is 0 Å². The molecule has 0 saturated heterocycles. The van der Waals surface area contributed by atoms with E-state index in [9.17, 15) is 4.79 Å². The maximum absolute atomic E-state index is 11.9. The number of hydrogen-bond acceptors (Lipinski definition) is 3. The number of carbonyl (C=O) groups is 1. The number of benzene rings is 1. The highest BCUT2D eigenvalue weighted by Crippen LogP contribution is 2.17. The second kappa shape index (κ2) is 8.36. The molecular formula is C16H22N2O2. The monoisotopic (exact) mass is 274 g/mol. The molecule has 1 aromatic rings. The van der Waals surface area contributed by atoms with Crippen LogP contribution in [-0.4, -0.2) is 25.7 Å². The largest absolute Gasteiger partial charge is 0.382 e. The highest BCUT2D eigenvalue weighted by molar-refractivity contribution is 5.92. The summed E-state index contributed by atoms with van der Waals surface area (Å²) in [5.41, 5.74) is 7.98. The van der Waals surface area contributed by atoms with Crippen LogP contribution < -0.4 is 11.1 Å². The SMILES string of the molecule is COC(C)CCC(=O)Nc1cc(C)ccc1C#CCN. The lowest BCUT2D eigenvalue weighted by Crippen LogP contribution is -2.15. The van der Waals surface area contributed by atoms with E-state index in [1.165, 1.54) is 0 Å². The zero-order chi connectivity index (χ0) is 15.0. The molecule has 1 unspecified atom stereocenters. The van der Waals surface area contributed by atoms with Crippen LogP contribution in [0.25, 0.3) is 0 Å². The van der Waals surface area contributed by atoms with Crippen LogP contribution in [0.5, 0.6) is 0 Å². The predicted octanol–water partition coefficient (Wildman–Crippen LogP) is 2.06. The highest BCUT2D eigenvalue weighted by Gasteiger charge is 2.08. The minimum atomic E-state index is -0.0321. The molecule has 0 saturated carbocycles. The minimum Gasteiger partial charge on any atom is -0.382 e. The third-order valence-corrected chi connectivity index (χ3v) is 2.95. The van der Waals surface area contributed by atoms with Gasteiger partial charge in [-0.1, -0.05) is 17.9 Å². The van der Waals surface area contributed by atoms with E-state index in [-0.39, 0.29) is 12.0 Å². The van der Waals surface area contributed by atoms with Crippen LogP contribution in [0, 0.1) is 18.8 Å². The molecule has 3 N–H and O–H groups in total. The molecule has 20 heavy (non-hydrogen) atoms. The smallest absolute Gasteiger partial charge is 0.224 e. The molecule has 0 aliphatic carbocycles. The normalized spacial score (nSPS) is 11.4. The summed E-state index contributed by atoms with van der Waals surface area (Å²) >= 11 is 0. The molecule has 0 spiro atoms. The van der Waals surface area contributed by atoms with Crippen molar-refractivity contribution in [2.75, 3.05) is 19.0 Å². The van der Waals surface area contributed by atoms with Crippen LogP contribution in [0.2, 0.25) is 0 Å². The van der Waals surface area contributed by atoms with Gasteiger partial charge in [0.15, 0.2) is 0 Å². The Kier molecular flexibility index (Phi) is 6.78. The standard InChI is InChI=1S/C16H22N2O2/c1-12-6-8-14(5-4-10-17)15(11-12)18-16(19)9-7-13(2)20-3/h6,8,11,13H,7,9-10,17H2,1-3H3,(H,18,19). The molecule has 1 rings (SSSR count). The Hall–Kier alpha value is -1.83. The number of carbonyl (C=O) groups excluding carboxylic acids is 1. The van der Waals surface area contributed by atoms with Gasteiger partial charge in [0, 0.05) is 19.1 Å². The maximum Gasteiger partial charge on any atom is 0.224 e. The Morgan fingerprint density at radius 3 is 2.90 bits per heavy atom. The van der Waals surface area contributed by atoms with E-state index >= 15 is 0 Å². The summed E-state index contributed by atoms with van der Waals surface area (Å²) in [6, 6.07) is 5.77. The molecule has 0 heterocycles. The van der Waals surface area contributed by atoms with Gasteiger partial charge in [-0.2, -0.15) is 0 Å².